The Bertz CT molecular complexity index is 675. The molecule has 2 aliphatic rings. The molecule has 0 spiro atoms. The number of carbonyl (C=O) groups excluding carboxylic acids is 1. The van der Waals surface area contributed by atoms with Crippen LogP contribution in [0.2, 0.25) is 0 Å². The predicted molar refractivity (Wildman–Crippen MR) is 119 cm³/mol. The number of aryl methyl sites for hydroxylation is 1. The summed E-state index contributed by atoms with van der Waals surface area (Å²) in [4.78, 5) is 23.9. The molecule has 1 aliphatic heterocycles. The van der Waals surface area contributed by atoms with Crippen LogP contribution >= 0.6 is 0 Å². The van der Waals surface area contributed by atoms with Crippen molar-refractivity contribution in [3.63, 3.8) is 0 Å². The van der Waals surface area contributed by atoms with Gasteiger partial charge >= 0.3 is 0 Å². The van der Waals surface area contributed by atoms with Crippen LogP contribution in [0.25, 0.3) is 0 Å². The topological polar surface area (TPSA) is 51.2 Å². The van der Waals surface area contributed by atoms with Gasteiger partial charge in [-0.25, -0.2) is 0 Å². The molecular formula is C23H37N5O. The molecule has 29 heavy (non-hydrogen) atoms. The van der Waals surface area contributed by atoms with Gasteiger partial charge in [0.2, 0.25) is 5.91 Å². The summed E-state index contributed by atoms with van der Waals surface area (Å²) in [6.45, 7) is 11.3. The lowest BCUT2D eigenvalue weighted by Crippen LogP contribution is -2.51. The Balaban J connectivity index is 1.44. The van der Waals surface area contributed by atoms with Gasteiger partial charge in [-0.15, -0.1) is 0 Å². The van der Waals surface area contributed by atoms with Crippen LogP contribution in [0.3, 0.4) is 0 Å². The number of nitrogens with one attached hydrogen (secondary N) is 1. The summed E-state index contributed by atoms with van der Waals surface area (Å²) in [5.74, 6) is 1.66. The van der Waals surface area contributed by atoms with E-state index in [1.54, 1.807) is 0 Å². The molecule has 0 radical (unpaired) electrons. The Labute approximate surface area is 176 Å². The van der Waals surface area contributed by atoms with Crippen LogP contribution < -0.4 is 5.32 Å². The molecule has 1 heterocycles. The first-order valence-electron chi connectivity index (χ1n) is 11.1. The average Bonchev–Trinajstić information content (AvgIpc) is 2.68. The minimum absolute atomic E-state index is 0.317. The first-order chi connectivity index (χ1) is 14.1. The fourth-order valence-corrected chi connectivity index (χ4v) is 3.91. The molecule has 2 fully saturated rings. The summed E-state index contributed by atoms with van der Waals surface area (Å²) in [5, 5.41) is 3.40. The van der Waals surface area contributed by atoms with E-state index >= 15 is 0 Å². The molecule has 1 saturated carbocycles. The average molecular weight is 400 g/mol. The lowest BCUT2D eigenvalue weighted by atomic mass is 9.84. The van der Waals surface area contributed by atoms with Gasteiger partial charge in [0.25, 0.3) is 0 Å². The van der Waals surface area contributed by atoms with Gasteiger partial charge in [0.1, 0.15) is 0 Å². The number of piperazine rings is 1. The molecule has 1 saturated heterocycles. The van der Waals surface area contributed by atoms with Crippen molar-refractivity contribution in [3.05, 3.63) is 35.4 Å². The van der Waals surface area contributed by atoms with Crippen LogP contribution in [0, 0.1) is 12.8 Å². The summed E-state index contributed by atoms with van der Waals surface area (Å²) >= 11 is 0. The van der Waals surface area contributed by atoms with Crippen molar-refractivity contribution in [1.29, 1.82) is 0 Å². The maximum atomic E-state index is 12.4. The Morgan fingerprint density at radius 2 is 1.86 bits per heavy atom. The molecule has 0 unspecified atom stereocenters. The number of hydrogen-bond acceptors (Lipinski definition) is 3. The summed E-state index contributed by atoms with van der Waals surface area (Å²) in [6.07, 6.45) is 3.41. The molecule has 1 aromatic rings. The first-order valence-corrected chi connectivity index (χ1v) is 11.1. The number of carbonyl (C=O) groups is 1. The lowest BCUT2D eigenvalue weighted by molar-refractivity contribution is -0.139. The van der Waals surface area contributed by atoms with Crippen molar-refractivity contribution in [2.75, 3.05) is 52.9 Å². The molecule has 1 N–H and O–H groups in total. The SMILES string of the molecule is CCNC(=NCCN1CCN(C(=O)C2CCC2)CC1)N(C)Cc1ccc(C)cc1. The van der Waals surface area contributed by atoms with Gasteiger partial charge in [0, 0.05) is 58.8 Å². The Morgan fingerprint density at radius 3 is 2.45 bits per heavy atom. The Kier molecular flexibility index (Phi) is 7.92. The smallest absolute Gasteiger partial charge is 0.225 e. The van der Waals surface area contributed by atoms with Crippen LogP contribution in [0.15, 0.2) is 29.3 Å². The number of guanidine groups is 1. The third-order valence-electron chi connectivity index (χ3n) is 6.05. The van der Waals surface area contributed by atoms with Crippen LogP contribution in [-0.4, -0.2) is 79.4 Å². The zero-order chi connectivity index (χ0) is 20.6. The molecular weight excluding hydrogens is 362 g/mol. The van der Waals surface area contributed by atoms with Crippen LogP contribution in [0.5, 0.6) is 0 Å². The van der Waals surface area contributed by atoms with E-state index in [1.807, 2.05) is 0 Å². The third-order valence-corrected chi connectivity index (χ3v) is 6.05. The van der Waals surface area contributed by atoms with Gasteiger partial charge in [0.05, 0.1) is 6.54 Å². The lowest BCUT2D eigenvalue weighted by Gasteiger charge is -2.38. The maximum absolute atomic E-state index is 12.4. The fraction of sp³-hybridized carbons (Fsp3) is 0.652. The normalized spacial score (nSPS) is 18.4. The second kappa shape index (κ2) is 10.6. The Hall–Kier alpha value is -2.08. The van der Waals surface area contributed by atoms with Crippen LogP contribution in [0.4, 0.5) is 0 Å². The number of amides is 1. The Morgan fingerprint density at radius 1 is 1.17 bits per heavy atom. The van der Waals surface area contributed by atoms with Gasteiger partial charge < -0.3 is 15.1 Å². The number of nitrogens with zero attached hydrogens (tertiary/aromatic N) is 4. The van der Waals surface area contributed by atoms with Crippen molar-refractivity contribution in [2.45, 2.75) is 39.7 Å². The van der Waals surface area contributed by atoms with E-state index in [-0.39, 0.29) is 0 Å². The minimum Gasteiger partial charge on any atom is -0.357 e. The molecule has 160 valence electrons. The van der Waals surface area contributed by atoms with E-state index in [0.29, 0.717) is 11.8 Å². The highest BCUT2D eigenvalue weighted by Crippen LogP contribution is 2.28. The summed E-state index contributed by atoms with van der Waals surface area (Å²) in [5.41, 5.74) is 2.57. The highest BCUT2D eigenvalue weighted by molar-refractivity contribution is 5.80. The van der Waals surface area contributed by atoms with Gasteiger partial charge in [-0.05, 0) is 32.3 Å². The second-order valence-electron chi connectivity index (χ2n) is 8.37. The number of benzene rings is 1. The van der Waals surface area contributed by atoms with Crippen molar-refractivity contribution in [1.82, 2.24) is 20.0 Å². The second-order valence-corrected chi connectivity index (χ2v) is 8.37. The molecule has 0 bridgehead atoms. The van der Waals surface area contributed by atoms with Crippen molar-refractivity contribution < 1.29 is 4.79 Å². The standard InChI is InChI=1S/C23H37N5O/c1-4-24-23(26(3)18-20-10-8-19(2)9-11-20)25-12-13-27-14-16-28(17-15-27)22(29)21-6-5-7-21/h8-11,21H,4-7,12-18H2,1-3H3,(H,24,25). The molecule has 1 aromatic carbocycles. The van der Waals surface area contributed by atoms with Gasteiger partial charge in [-0.3, -0.25) is 14.7 Å². The van der Waals surface area contributed by atoms with Crippen LogP contribution in [-0.2, 0) is 11.3 Å². The van der Waals surface area contributed by atoms with Gasteiger partial charge in [-0.2, -0.15) is 0 Å². The fourth-order valence-electron chi connectivity index (χ4n) is 3.91. The van der Waals surface area contributed by atoms with Crippen molar-refractivity contribution >= 4 is 11.9 Å². The third kappa shape index (κ3) is 6.20. The van der Waals surface area contributed by atoms with E-state index in [4.69, 9.17) is 4.99 Å². The summed E-state index contributed by atoms with van der Waals surface area (Å²) in [6, 6.07) is 8.67. The number of hydrogen-bond donors (Lipinski definition) is 1. The molecule has 3 rings (SSSR count). The largest absolute Gasteiger partial charge is 0.357 e. The first kappa shape index (κ1) is 21.6. The molecule has 1 amide bonds. The van der Waals surface area contributed by atoms with E-state index in [0.717, 1.165) is 71.2 Å². The highest BCUT2D eigenvalue weighted by Gasteiger charge is 2.30. The van der Waals surface area contributed by atoms with Gasteiger partial charge in [0.15, 0.2) is 5.96 Å². The molecule has 0 atom stereocenters. The number of rotatable bonds is 7. The highest BCUT2D eigenvalue weighted by atomic mass is 16.2. The quantitative estimate of drug-likeness (QED) is 0.565. The minimum atomic E-state index is 0.317. The summed E-state index contributed by atoms with van der Waals surface area (Å²) in [7, 11) is 2.09. The predicted octanol–water partition coefficient (Wildman–Crippen LogP) is 2.34. The number of aliphatic imine (C=N–C) groups is 1. The maximum Gasteiger partial charge on any atom is 0.225 e. The molecule has 0 aromatic heterocycles. The zero-order valence-electron chi connectivity index (χ0n) is 18.4. The van der Waals surface area contributed by atoms with E-state index in [2.05, 4.69) is 65.2 Å². The van der Waals surface area contributed by atoms with Crippen molar-refractivity contribution in [3.8, 4) is 0 Å². The van der Waals surface area contributed by atoms with E-state index in [9.17, 15) is 4.79 Å². The molecule has 1 aliphatic carbocycles. The van der Waals surface area contributed by atoms with E-state index < -0.39 is 0 Å². The van der Waals surface area contributed by atoms with Crippen LogP contribution in [0.1, 0.15) is 37.3 Å². The van der Waals surface area contributed by atoms with Crippen molar-refractivity contribution in [2.24, 2.45) is 10.9 Å². The van der Waals surface area contributed by atoms with Gasteiger partial charge in [-0.1, -0.05) is 36.2 Å². The molecule has 6 nitrogen and oxygen atoms in total. The molecule has 6 heteroatoms. The zero-order valence-corrected chi connectivity index (χ0v) is 18.4. The van der Waals surface area contributed by atoms with E-state index in [1.165, 1.54) is 17.5 Å². The monoisotopic (exact) mass is 399 g/mol. The summed E-state index contributed by atoms with van der Waals surface area (Å²) < 4.78 is 0.